The molecule has 0 atom stereocenters. The molecule has 2 aromatic rings. The molecule has 0 spiro atoms. The van der Waals surface area contributed by atoms with E-state index in [1.54, 1.807) is 0 Å². The topological polar surface area (TPSA) is 77.7 Å². The van der Waals surface area contributed by atoms with Crippen LogP contribution in [0.4, 0.5) is 5.69 Å². The first-order chi connectivity index (χ1) is 13.0. The van der Waals surface area contributed by atoms with E-state index >= 15 is 0 Å². The van der Waals surface area contributed by atoms with Crippen LogP contribution in [0.3, 0.4) is 0 Å². The number of benzene rings is 1. The maximum atomic E-state index is 11.2. The molecule has 6 heteroatoms. The van der Waals surface area contributed by atoms with E-state index in [9.17, 15) is 15.0 Å². The lowest BCUT2D eigenvalue weighted by Gasteiger charge is -2.18. The molecule has 6 nitrogen and oxygen atoms in total. The number of aliphatic carboxylic acids is 1. The average molecular weight is 371 g/mol. The van der Waals surface area contributed by atoms with Gasteiger partial charge in [0.1, 0.15) is 6.54 Å². The van der Waals surface area contributed by atoms with Crippen molar-refractivity contribution in [3.05, 3.63) is 52.3 Å². The van der Waals surface area contributed by atoms with Gasteiger partial charge in [-0.3, -0.25) is 4.79 Å². The minimum Gasteiger partial charge on any atom is -0.480 e. The standard InChI is InChI=1S/C21H29N3O3/c1-15-19(16(2)24(14-21(26)27)20(15)9-12-25)13-17-5-7-18(8-6-17)22-23-10-3-4-11-23/h5-8,22,25H,3-4,9-14H2,1-2H3,(H,26,27). The normalized spacial score (nSPS) is 14.6. The second-order valence-electron chi connectivity index (χ2n) is 7.27. The maximum Gasteiger partial charge on any atom is 0.323 e. The van der Waals surface area contributed by atoms with Gasteiger partial charge in [0.15, 0.2) is 0 Å². The van der Waals surface area contributed by atoms with Crippen molar-refractivity contribution in [3.63, 3.8) is 0 Å². The maximum absolute atomic E-state index is 11.2. The molecule has 1 fully saturated rings. The lowest BCUT2D eigenvalue weighted by Crippen LogP contribution is -2.25. The largest absolute Gasteiger partial charge is 0.480 e. The van der Waals surface area contributed by atoms with Crippen LogP contribution in [0.25, 0.3) is 0 Å². The van der Waals surface area contributed by atoms with Crippen LogP contribution >= 0.6 is 0 Å². The number of hydrogen-bond acceptors (Lipinski definition) is 4. The minimum absolute atomic E-state index is 0.0141. The number of nitrogens with one attached hydrogen (secondary N) is 1. The predicted molar refractivity (Wildman–Crippen MR) is 106 cm³/mol. The Labute approximate surface area is 160 Å². The molecule has 146 valence electrons. The van der Waals surface area contributed by atoms with Crippen LogP contribution in [-0.4, -0.2) is 45.5 Å². The Bertz CT molecular complexity index is 790. The highest BCUT2D eigenvalue weighted by atomic mass is 16.4. The van der Waals surface area contributed by atoms with E-state index in [2.05, 4.69) is 34.7 Å². The summed E-state index contributed by atoms with van der Waals surface area (Å²) in [5, 5.41) is 20.8. The number of hydrogen-bond donors (Lipinski definition) is 3. The van der Waals surface area contributed by atoms with Gasteiger partial charge in [-0.25, -0.2) is 5.01 Å². The van der Waals surface area contributed by atoms with Crippen molar-refractivity contribution in [2.75, 3.05) is 25.1 Å². The smallest absolute Gasteiger partial charge is 0.323 e. The van der Waals surface area contributed by atoms with E-state index in [4.69, 9.17) is 0 Å². The van der Waals surface area contributed by atoms with Crippen LogP contribution < -0.4 is 5.43 Å². The lowest BCUT2D eigenvalue weighted by atomic mass is 10.0. The molecule has 0 aliphatic carbocycles. The van der Waals surface area contributed by atoms with Crippen molar-refractivity contribution in [1.29, 1.82) is 0 Å². The Morgan fingerprint density at radius 2 is 1.81 bits per heavy atom. The van der Waals surface area contributed by atoms with E-state index < -0.39 is 5.97 Å². The lowest BCUT2D eigenvalue weighted by molar-refractivity contribution is -0.137. The zero-order valence-corrected chi connectivity index (χ0v) is 16.2. The Morgan fingerprint density at radius 1 is 1.15 bits per heavy atom. The summed E-state index contributed by atoms with van der Waals surface area (Å²) in [7, 11) is 0. The van der Waals surface area contributed by atoms with Gasteiger partial charge in [0, 0.05) is 43.2 Å². The van der Waals surface area contributed by atoms with E-state index in [-0.39, 0.29) is 13.2 Å². The third kappa shape index (κ3) is 4.51. The summed E-state index contributed by atoms with van der Waals surface area (Å²) in [6, 6.07) is 8.44. The highest BCUT2D eigenvalue weighted by Crippen LogP contribution is 2.26. The first kappa shape index (κ1) is 19.5. The van der Waals surface area contributed by atoms with Gasteiger partial charge in [-0.15, -0.1) is 0 Å². The first-order valence-corrected chi connectivity index (χ1v) is 9.60. The number of aliphatic hydroxyl groups is 1. The third-order valence-corrected chi connectivity index (χ3v) is 5.42. The molecule has 1 aliphatic rings. The molecule has 27 heavy (non-hydrogen) atoms. The van der Waals surface area contributed by atoms with Gasteiger partial charge >= 0.3 is 5.97 Å². The number of nitrogens with zero attached hydrogens (tertiary/aromatic N) is 2. The zero-order chi connectivity index (χ0) is 19.4. The van der Waals surface area contributed by atoms with Gasteiger partial charge in [-0.05, 0) is 61.9 Å². The number of anilines is 1. The van der Waals surface area contributed by atoms with Gasteiger partial charge in [0.25, 0.3) is 0 Å². The highest BCUT2D eigenvalue weighted by molar-refractivity contribution is 5.67. The molecule has 3 rings (SSSR count). The van der Waals surface area contributed by atoms with Crippen molar-refractivity contribution in [1.82, 2.24) is 9.58 Å². The van der Waals surface area contributed by atoms with Crippen LogP contribution in [0.15, 0.2) is 24.3 Å². The summed E-state index contributed by atoms with van der Waals surface area (Å²) in [5.41, 5.74) is 9.85. The third-order valence-electron chi connectivity index (χ3n) is 5.42. The molecule has 0 bridgehead atoms. The van der Waals surface area contributed by atoms with Crippen LogP contribution in [-0.2, 0) is 24.2 Å². The summed E-state index contributed by atoms with van der Waals surface area (Å²) in [5.74, 6) is -0.865. The quantitative estimate of drug-likeness (QED) is 0.665. The van der Waals surface area contributed by atoms with E-state index in [1.165, 1.54) is 18.4 Å². The molecule has 1 saturated heterocycles. The van der Waals surface area contributed by atoms with Crippen LogP contribution in [0, 0.1) is 13.8 Å². The fraction of sp³-hybridized carbons (Fsp3) is 0.476. The van der Waals surface area contributed by atoms with Crippen molar-refractivity contribution < 1.29 is 15.0 Å². The second kappa shape index (κ2) is 8.59. The zero-order valence-electron chi connectivity index (χ0n) is 16.2. The molecule has 1 aromatic carbocycles. The van der Waals surface area contributed by atoms with E-state index in [1.807, 2.05) is 18.4 Å². The van der Waals surface area contributed by atoms with Gasteiger partial charge in [0.05, 0.1) is 0 Å². The first-order valence-electron chi connectivity index (χ1n) is 9.60. The van der Waals surface area contributed by atoms with Crippen molar-refractivity contribution in [2.24, 2.45) is 0 Å². The van der Waals surface area contributed by atoms with Crippen LogP contribution in [0.5, 0.6) is 0 Å². The number of rotatable bonds is 8. The molecule has 0 radical (unpaired) electrons. The monoisotopic (exact) mass is 371 g/mol. The van der Waals surface area contributed by atoms with E-state index in [0.29, 0.717) is 6.42 Å². The summed E-state index contributed by atoms with van der Waals surface area (Å²) in [6.07, 6.45) is 3.71. The molecular weight excluding hydrogens is 342 g/mol. The van der Waals surface area contributed by atoms with Gasteiger partial charge in [0.2, 0.25) is 0 Å². The molecule has 0 saturated carbocycles. The number of carbonyl (C=O) groups is 1. The molecule has 1 aromatic heterocycles. The summed E-state index contributed by atoms with van der Waals surface area (Å²) < 4.78 is 1.83. The molecule has 0 unspecified atom stereocenters. The van der Waals surface area contributed by atoms with Gasteiger partial charge < -0.3 is 20.2 Å². The minimum atomic E-state index is -0.865. The predicted octanol–water partition coefficient (Wildman–Crippen LogP) is 2.74. The number of aromatic nitrogens is 1. The summed E-state index contributed by atoms with van der Waals surface area (Å²) in [4.78, 5) is 11.2. The highest BCUT2D eigenvalue weighted by Gasteiger charge is 2.19. The Morgan fingerprint density at radius 3 is 2.41 bits per heavy atom. The number of aliphatic hydroxyl groups excluding tert-OH is 1. The van der Waals surface area contributed by atoms with Crippen LogP contribution in [0.2, 0.25) is 0 Å². The molecule has 2 heterocycles. The molecule has 0 amide bonds. The Balaban J connectivity index is 1.79. The molecular formula is C21H29N3O3. The summed E-state index contributed by atoms with van der Waals surface area (Å²) in [6.45, 7) is 6.11. The summed E-state index contributed by atoms with van der Waals surface area (Å²) >= 11 is 0. The Kier molecular flexibility index (Phi) is 6.19. The number of carboxylic acids is 1. The number of hydrazine groups is 1. The van der Waals surface area contributed by atoms with Crippen molar-refractivity contribution >= 4 is 11.7 Å². The van der Waals surface area contributed by atoms with Crippen molar-refractivity contribution in [3.8, 4) is 0 Å². The number of carboxylic acid groups (broad SMARTS) is 1. The molecule has 3 N–H and O–H groups in total. The van der Waals surface area contributed by atoms with E-state index in [0.717, 1.165) is 47.7 Å². The van der Waals surface area contributed by atoms with Crippen LogP contribution in [0.1, 0.15) is 40.9 Å². The van der Waals surface area contributed by atoms with Crippen molar-refractivity contribution in [2.45, 2.75) is 46.1 Å². The van der Waals surface area contributed by atoms with Gasteiger partial charge in [-0.2, -0.15) is 0 Å². The average Bonchev–Trinajstić information content (AvgIpc) is 3.22. The van der Waals surface area contributed by atoms with Gasteiger partial charge in [-0.1, -0.05) is 12.1 Å². The SMILES string of the molecule is Cc1c(Cc2ccc(NN3CCCC3)cc2)c(C)n(CC(=O)O)c1CCO. The fourth-order valence-electron chi connectivity index (χ4n) is 3.96. The second-order valence-corrected chi connectivity index (χ2v) is 7.27. The Hall–Kier alpha value is -2.31. The fourth-order valence-corrected chi connectivity index (χ4v) is 3.96. The molecule has 1 aliphatic heterocycles.